The average molecular weight is 328 g/mol. The molecule has 4 nitrogen and oxygen atoms in total. The highest BCUT2D eigenvalue weighted by molar-refractivity contribution is 9.10. The Balaban J connectivity index is 2.30. The summed E-state index contributed by atoms with van der Waals surface area (Å²) in [6.45, 7) is 5.50. The molecule has 0 atom stereocenters. The van der Waals surface area contributed by atoms with Gasteiger partial charge in [0, 0.05) is 33.6 Å². The molecular weight excluding hydrogens is 306 g/mol. The minimum Gasteiger partial charge on any atom is -0.454 e. The van der Waals surface area contributed by atoms with Crippen LogP contribution in [-0.4, -0.2) is 38.0 Å². The van der Waals surface area contributed by atoms with Gasteiger partial charge in [-0.1, -0.05) is 6.08 Å². The number of halogens is 1. The average Bonchev–Trinajstić information content (AvgIpc) is 2.80. The Morgan fingerprint density at radius 1 is 1.58 bits per heavy atom. The summed E-state index contributed by atoms with van der Waals surface area (Å²) in [7, 11) is 3.84. The number of aliphatic imine (C=N–C) groups is 1. The standard InChI is InChI=1S/C14H22BrN3O/c1-4-5-6-11-18(3)14(16-2)17-10-9-12-7-8-13(15)19-12/h4,7-8H,1,5-6,9-11H2,2-3H3,(H,16,17). The van der Waals surface area contributed by atoms with Crippen molar-refractivity contribution in [1.29, 1.82) is 0 Å². The maximum absolute atomic E-state index is 5.45. The largest absolute Gasteiger partial charge is 0.454 e. The Kier molecular flexibility index (Phi) is 7.33. The summed E-state index contributed by atoms with van der Waals surface area (Å²) >= 11 is 3.30. The van der Waals surface area contributed by atoms with E-state index in [0.717, 1.165) is 48.7 Å². The molecule has 0 fully saturated rings. The van der Waals surface area contributed by atoms with Gasteiger partial charge in [0.2, 0.25) is 0 Å². The summed E-state index contributed by atoms with van der Waals surface area (Å²) in [6.07, 6.45) is 4.90. The summed E-state index contributed by atoms with van der Waals surface area (Å²) in [5.74, 6) is 1.87. The van der Waals surface area contributed by atoms with Crippen molar-refractivity contribution in [2.24, 2.45) is 4.99 Å². The van der Waals surface area contributed by atoms with Crippen molar-refractivity contribution >= 4 is 21.9 Å². The molecule has 0 amide bonds. The fraction of sp³-hybridized carbons (Fsp3) is 0.500. The molecule has 0 saturated carbocycles. The van der Waals surface area contributed by atoms with Crippen molar-refractivity contribution in [1.82, 2.24) is 10.2 Å². The van der Waals surface area contributed by atoms with Crippen LogP contribution in [0.25, 0.3) is 0 Å². The molecule has 0 radical (unpaired) electrons. The number of unbranched alkanes of at least 4 members (excludes halogenated alkanes) is 1. The van der Waals surface area contributed by atoms with E-state index in [0.29, 0.717) is 0 Å². The van der Waals surface area contributed by atoms with Gasteiger partial charge < -0.3 is 14.6 Å². The number of allylic oxidation sites excluding steroid dienone is 1. The molecule has 0 aliphatic carbocycles. The number of hydrogen-bond acceptors (Lipinski definition) is 2. The summed E-state index contributed by atoms with van der Waals surface area (Å²) in [6, 6.07) is 3.88. The molecule has 0 bridgehead atoms. The molecule has 1 aromatic heterocycles. The molecule has 1 aromatic rings. The van der Waals surface area contributed by atoms with E-state index in [1.54, 1.807) is 7.05 Å². The Hall–Kier alpha value is -1.23. The van der Waals surface area contributed by atoms with Crippen molar-refractivity contribution in [2.45, 2.75) is 19.3 Å². The summed E-state index contributed by atoms with van der Waals surface area (Å²) < 4.78 is 6.22. The molecule has 0 aromatic carbocycles. The lowest BCUT2D eigenvalue weighted by Gasteiger charge is -2.21. The van der Waals surface area contributed by atoms with Crippen molar-refractivity contribution in [3.63, 3.8) is 0 Å². The first-order valence-electron chi connectivity index (χ1n) is 6.44. The van der Waals surface area contributed by atoms with Gasteiger partial charge in [-0.3, -0.25) is 4.99 Å². The molecule has 1 rings (SSSR count). The minimum atomic E-state index is 0.772. The van der Waals surface area contributed by atoms with Gasteiger partial charge in [-0.25, -0.2) is 0 Å². The molecule has 0 saturated heterocycles. The molecular formula is C14H22BrN3O. The Labute approximate surface area is 123 Å². The lowest BCUT2D eigenvalue weighted by Crippen LogP contribution is -2.40. The van der Waals surface area contributed by atoms with Crippen molar-refractivity contribution in [3.05, 3.63) is 35.2 Å². The number of rotatable bonds is 7. The van der Waals surface area contributed by atoms with E-state index in [1.807, 2.05) is 25.3 Å². The third-order valence-electron chi connectivity index (χ3n) is 2.76. The number of hydrogen-bond donors (Lipinski definition) is 1. The van der Waals surface area contributed by atoms with Crippen molar-refractivity contribution in [3.8, 4) is 0 Å². The van der Waals surface area contributed by atoms with Gasteiger partial charge in [0.15, 0.2) is 10.6 Å². The SMILES string of the molecule is C=CCCCN(C)C(=NC)NCCc1ccc(Br)o1. The van der Waals surface area contributed by atoms with Gasteiger partial charge in [-0.15, -0.1) is 6.58 Å². The fourth-order valence-corrected chi connectivity index (χ4v) is 2.09. The second kappa shape index (κ2) is 8.80. The highest BCUT2D eigenvalue weighted by Gasteiger charge is 2.05. The second-order valence-electron chi connectivity index (χ2n) is 4.28. The molecule has 0 spiro atoms. The van der Waals surface area contributed by atoms with Gasteiger partial charge in [0.05, 0.1) is 0 Å². The summed E-state index contributed by atoms with van der Waals surface area (Å²) in [5, 5.41) is 3.33. The third-order valence-corrected chi connectivity index (χ3v) is 3.18. The predicted octanol–water partition coefficient (Wildman–Crippen LogP) is 3.06. The third kappa shape index (κ3) is 5.96. The lowest BCUT2D eigenvalue weighted by atomic mass is 10.3. The normalized spacial score (nSPS) is 11.4. The van der Waals surface area contributed by atoms with Crippen LogP contribution in [0.15, 0.2) is 38.9 Å². The Morgan fingerprint density at radius 2 is 2.37 bits per heavy atom. The van der Waals surface area contributed by atoms with Gasteiger partial charge in [0.1, 0.15) is 5.76 Å². The molecule has 5 heteroatoms. The number of nitrogens with zero attached hydrogens (tertiary/aromatic N) is 2. The van der Waals surface area contributed by atoms with E-state index >= 15 is 0 Å². The van der Waals surface area contributed by atoms with E-state index in [2.05, 4.69) is 37.7 Å². The zero-order valence-corrected chi connectivity index (χ0v) is 13.2. The van der Waals surface area contributed by atoms with Crippen LogP contribution < -0.4 is 5.32 Å². The monoisotopic (exact) mass is 327 g/mol. The maximum Gasteiger partial charge on any atom is 0.193 e. The molecule has 1 N–H and O–H groups in total. The van der Waals surface area contributed by atoms with Crippen LogP contribution in [0.3, 0.4) is 0 Å². The topological polar surface area (TPSA) is 40.8 Å². The number of guanidine groups is 1. The minimum absolute atomic E-state index is 0.772. The zero-order valence-electron chi connectivity index (χ0n) is 11.7. The van der Waals surface area contributed by atoms with Gasteiger partial charge in [-0.2, -0.15) is 0 Å². The first-order chi connectivity index (χ1) is 9.17. The highest BCUT2D eigenvalue weighted by atomic mass is 79.9. The fourth-order valence-electron chi connectivity index (χ4n) is 1.75. The van der Waals surface area contributed by atoms with Crippen molar-refractivity contribution in [2.75, 3.05) is 27.2 Å². The van der Waals surface area contributed by atoms with Crippen LogP contribution in [0.5, 0.6) is 0 Å². The van der Waals surface area contributed by atoms with Gasteiger partial charge >= 0.3 is 0 Å². The highest BCUT2D eigenvalue weighted by Crippen LogP contribution is 2.13. The first kappa shape index (κ1) is 15.8. The number of nitrogens with one attached hydrogen (secondary N) is 1. The predicted molar refractivity (Wildman–Crippen MR) is 83.5 cm³/mol. The van der Waals surface area contributed by atoms with Gasteiger partial charge in [-0.05, 0) is 40.9 Å². The number of furan rings is 1. The van der Waals surface area contributed by atoms with E-state index in [4.69, 9.17) is 4.42 Å². The van der Waals surface area contributed by atoms with Crippen LogP contribution in [0.4, 0.5) is 0 Å². The zero-order chi connectivity index (χ0) is 14.1. The summed E-state index contributed by atoms with van der Waals surface area (Å²) in [4.78, 5) is 6.40. The van der Waals surface area contributed by atoms with Crippen LogP contribution in [0.1, 0.15) is 18.6 Å². The van der Waals surface area contributed by atoms with E-state index in [9.17, 15) is 0 Å². The van der Waals surface area contributed by atoms with Crippen LogP contribution >= 0.6 is 15.9 Å². The van der Waals surface area contributed by atoms with Gasteiger partial charge in [0.25, 0.3) is 0 Å². The molecule has 0 aliphatic rings. The first-order valence-corrected chi connectivity index (χ1v) is 7.23. The molecule has 19 heavy (non-hydrogen) atoms. The molecule has 0 aliphatic heterocycles. The second-order valence-corrected chi connectivity index (χ2v) is 5.06. The lowest BCUT2D eigenvalue weighted by molar-refractivity contribution is 0.461. The van der Waals surface area contributed by atoms with E-state index in [-0.39, 0.29) is 0 Å². The van der Waals surface area contributed by atoms with E-state index in [1.165, 1.54) is 0 Å². The molecule has 1 heterocycles. The van der Waals surface area contributed by atoms with E-state index < -0.39 is 0 Å². The van der Waals surface area contributed by atoms with Crippen LogP contribution in [-0.2, 0) is 6.42 Å². The molecule has 106 valence electrons. The smallest absolute Gasteiger partial charge is 0.193 e. The van der Waals surface area contributed by atoms with Crippen molar-refractivity contribution < 1.29 is 4.42 Å². The molecule has 0 unspecified atom stereocenters. The maximum atomic E-state index is 5.45. The van der Waals surface area contributed by atoms with Crippen LogP contribution in [0.2, 0.25) is 0 Å². The quantitative estimate of drug-likeness (QED) is 0.362. The summed E-state index contributed by atoms with van der Waals surface area (Å²) in [5.41, 5.74) is 0. The Morgan fingerprint density at radius 3 is 2.95 bits per heavy atom. The Bertz CT molecular complexity index is 415. The van der Waals surface area contributed by atoms with Crippen LogP contribution in [0, 0.1) is 0 Å².